The normalized spacial score (nSPS) is 11.0. The van der Waals surface area contributed by atoms with E-state index in [-0.39, 0.29) is 27.4 Å². The van der Waals surface area contributed by atoms with Crippen molar-refractivity contribution in [2.45, 2.75) is 6.54 Å². The van der Waals surface area contributed by atoms with Gasteiger partial charge in [0.05, 0.1) is 10.5 Å². The number of carbonyl (C=O) groups excluding carboxylic acids is 1. The zero-order valence-electron chi connectivity index (χ0n) is 12.3. The monoisotopic (exact) mass is 409 g/mol. The minimum absolute atomic E-state index is 0.0826. The minimum atomic E-state index is -0.332. The first-order valence-corrected chi connectivity index (χ1v) is 8.11. The molecule has 3 aromatic rings. The second-order valence-electron chi connectivity index (χ2n) is 5.15. The molecule has 0 bridgehead atoms. The van der Waals surface area contributed by atoms with Crippen LogP contribution in [0.25, 0.3) is 10.9 Å². The molecule has 0 saturated heterocycles. The summed E-state index contributed by atoms with van der Waals surface area (Å²) in [5.74, 6) is -0.332. The molecule has 2 aromatic carbocycles. The van der Waals surface area contributed by atoms with Crippen molar-refractivity contribution in [3.8, 4) is 0 Å². The SMILES string of the molecule is NCc1cn(C(=O)c2ccc(Cl)c(N(O)O)c2)c2ccc(Br)cc12. The van der Waals surface area contributed by atoms with E-state index in [1.54, 1.807) is 6.20 Å². The maximum absolute atomic E-state index is 12.8. The van der Waals surface area contributed by atoms with Crippen LogP contribution in [0.3, 0.4) is 0 Å². The van der Waals surface area contributed by atoms with Gasteiger partial charge in [0.25, 0.3) is 5.91 Å². The van der Waals surface area contributed by atoms with E-state index in [2.05, 4.69) is 15.9 Å². The van der Waals surface area contributed by atoms with Crippen LogP contribution < -0.4 is 11.0 Å². The third kappa shape index (κ3) is 2.92. The van der Waals surface area contributed by atoms with Gasteiger partial charge in [0.15, 0.2) is 0 Å². The van der Waals surface area contributed by atoms with E-state index in [1.165, 1.54) is 22.8 Å². The maximum Gasteiger partial charge on any atom is 0.262 e. The number of anilines is 1. The van der Waals surface area contributed by atoms with Crippen molar-refractivity contribution < 1.29 is 15.2 Å². The molecule has 1 aromatic heterocycles. The van der Waals surface area contributed by atoms with Crippen LogP contribution >= 0.6 is 27.5 Å². The average Bonchev–Trinajstić information content (AvgIpc) is 2.92. The first-order chi connectivity index (χ1) is 11.4. The van der Waals surface area contributed by atoms with Gasteiger partial charge in [0, 0.05) is 28.2 Å². The highest BCUT2D eigenvalue weighted by Gasteiger charge is 2.17. The molecule has 0 atom stereocenters. The molecule has 6 nitrogen and oxygen atoms in total. The van der Waals surface area contributed by atoms with Crippen molar-refractivity contribution in [1.29, 1.82) is 0 Å². The van der Waals surface area contributed by atoms with Gasteiger partial charge in [-0.05, 0) is 42.0 Å². The van der Waals surface area contributed by atoms with Gasteiger partial charge in [-0.15, -0.1) is 5.23 Å². The van der Waals surface area contributed by atoms with Gasteiger partial charge in [-0.1, -0.05) is 27.5 Å². The van der Waals surface area contributed by atoms with Crippen LogP contribution in [0, 0.1) is 0 Å². The third-order valence-corrected chi connectivity index (χ3v) is 4.51. The van der Waals surface area contributed by atoms with Crippen LogP contribution in [-0.4, -0.2) is 20.9 Å². The molecular weight excluding hydrogens is 398 g/mol. The summed E-state index contributed by atoms with van der Waals surface area (Å²) in [6.45, 7) is 0.292. The van der Waals surface area contributed by atoms with Crippen LogP contribution in [0.5, 0.6) is 0 Å². The summed E-state index contributed by atoms with van der Waals surface area (Å²) in [6, 6.07) is 9.80. The molecule has 0 unspecified atom stereocenters. The summed E-state index contributed by atoms with van der Waals surface area (Å²) >= 11 is 9.29. The number of fused-ring (bicyclic) bond motifs is 1. The number of nitrogens with zero attached hydrogens (tertiary/aromatic N) is 2. The van der Waals surface area contributed by atoms with E-state index >= 15 is 0 Å². The first kappa shape index (κ1) is 16.9. The Labute approximate surface area is 150 Å². The number of carbonyl (C=O) groups is 1. The molecular formula is C16H13BrClN3O3. The fourth-order valence-electron chi connectivity index (χ4n) is 2.54. The van der Waals surface area contributed by atoms with Gasteiger partial charge in [-0.2, -0.15) is 0 Å². The van der Waals surface area contributed by atoms with Gasteiger partial charge in [-0.25, -0.2) is 0 Å². The molecule has 124 valence electrons. The Balaban J connectivity index is 2.14. The lowest BCUT2D eigenvalue weighted by atomic mass is 10.1. The Kier molecular flexibility index (Phi) is 4.62. The van der Waals surface area contributed by atoms with Crippen molar-refractivity contribution in [1.82, 2.24) is 4.57 Å². The molecule has 1 heterocycles. The van der Waals surface area contributed by atoms with E-state index in [1.807, 2.05) is 18.2 Å². The predicted octanol–water partition coefficient (Wildman–Crippen LogP) is 3.79. The second kappa shape index (κ2) is 6.54. The van der Waals surface area contributed by atoms with Crippen LogP contribution in [0.2, 0.25) is 5.02 Å². The summed E-state index contributed by atoms with van der Waals surface area (Å²) < 4.78 is 2.37. The number of benzene rings is 2. The highest BCUT2D eigenvalue weighted by molar-refractivity contribution is 9.10. The van der Waals surface area contributed by atoms with Crippen molar-refractivity contribution in [2.75, 3.05) is 5.23 Å². The second-order valence-corrected chi connectivity index (χ2v) is 6.47. The number of rotatable bonds is 3. The molecule has 0 radical (unpaired) electrons. The Morgan fingerprint density at radius 2 is 2.00 bits per heavy atom. The van der Waals surface area contributed by atoms with Gasteiger partial charge in [0.2, 0.25) is 0 Å². The standard InChI is InChI=1S/C16H13BrClN3O3/c17-11-2-4-14-12(6-11)10(7-19)8-20(14)16(22)9-1-3-13(18)15(5-9)21(23)24/h1-6,8,23-24H,7,19H2. The van der Waals surface area contributed by atoms with Gasteiger partial charge >= 0.3 is 0 Å². The van der Waals surface area contributed by atoms with Crippen molar-refractivity contribution in [2.24, 2.45) is 5.73 Å². The summed E-state index contributed by atoms with van der Waals surface area (Å²) in [7, 11) is 0. The van der Waals surface area contributed by atoms with E-state index in [0.29, 0.717) is 12.1 Å². The summed E-state index contributed by atoms with van der Waals surface area (Å²) in [5.41, 5.74) is 7.49. The molecule has 4 N–H and O–H groups in total. The number of nitrogens with two attached hydrogens (primary N) is 1. The lowest BCUT2D eigenvalue weighted by Gasteiger charge is -2.12. The molecule has 0 aliphatic rings. The molecule has 0 saturated carbocycles. The van der Waals surface area contributed by atoms with Crippen LogP contribution in [0.15, 0.2) is 47.1 Å². The minimum Gasteiger partial charge on any atom is -0.326 e. The highest BCUT2D eigenvalue weighted by atomic mass is 79.9. The van der Waals surface area contributed by atoms with E-state index in [0.717, 1.165) is 15.4 Å². The van der Waals surface area contributed by atoms with Crippen LogP contribution in [0.4, 0.5) is 5.69 Å². The topological polar surface area (TPSA) is 91.7 Å². The number of halogens is 2. The average molecular weight is 411 g/mol. The van der Waals surface area contributed by atoms with E-state index in [9.17, 15) is 15.2 Å². The predicted molar refractivity (Wildman–Crippen MR) is 94.8 cm³/mol. The van der Waals surface area contributed by atoms with Gasteiger partial charge in [-0.3, -0.25) is 19.8 Å². The van der Waals surface area contributed by atoms with Gasteiger partial charge < -0.3 is 5.73 Å². The zero-order chi connectivity index (χ0) is 17.4. The summed E-state index contributed by atoms with van der Waals surface area (Å²) in [4.78, 5) is 12.8. The van der Waals surface area contributed by atoms with E-state index < -0.39 is 0 Å². The number of hydrogen-bond donors (Lipinski definition) is 3. The molecule has 0 aliphatic carbocycles. The number of hydrogen-bond acceptors (Lipinski definition) is 5. The first-order valence-electron chi connectivity index (χ1n) is 6.94. The van der Waals surface area contributed by atoms with E-state index in [4.69, 9.17) is 17.3 Å². The Bertz CT molecular complexity index is 940. The van der Waals surface area contributed by atoms with Crippen molar-refractivity contribution in [3.05, 3.63) is 63.2 Å². The lowest BCUT2D eigenvalue weighted by molar-refractivity contribution is 0.0292. The smallest absolute Gasteiger partial charge is 0.262 e. The molecule has 0 amide bonds. The quantitative estimate of drug-likeness (QED) is 0.571. The fourth-order valence-corrected chi connectivity index (χ4v) is 3.09. The maximum atomic E-state index is 12.8. The molecule has 24 heavy (non-hydrogen) atoms. The van der Waals surface area contributed by atoms with Crippen molar-refractivity contribution >= 4 is 50.0 Å². The Morgan fingerprint density at radius 1 is 1.25 bits per heavy atom. The molecule has 3 rings (SSSR count). The van der Waals surface area contributed by atoms with Crippen LogP contribution in [0.1, 0.15) is 15.9 Å². The summed E-state index contributed by atoms with van der Waals surface area (Å²) in [6.07, 6.45) is 1.68. The molecule has 0 fully saturated rings. The van der Waals surface area contributed by atoms with Gasteiger partial charge in [0.1, 0.15) is 5.69 Å². The largest absolute Gasteiger partial charge is 0.326 e. The zero-order valence-corrected chi connectivity index (χ0v) is 14.6. The molecule has 0 spiro atoms. The Hall–Kier alpha value is -1.90. The van der Waals surface area contributed by atoms with Crippen molar-refractivity contribution in [3.63, 3.8) is 0 Å². The summed E-state index contributed by atoms with van der Waals surface area (Å²) in [5, 5.41) is 19.3. The molecule has 8 heteroatoms. The fraction of sp³-hybridized carbons (Fsp3) is 0.0625. The Morgan fingerprint density at radius 3 is 2.67 bits per heavy atom. The third-order valence-electron chi connectivity index (χ3n) is 3.70. The number of aromatic nitrogens is 1. The van der Waals surface area contributed by atoms with Crippen LogP contribution in [-0.2, 0) is 6.54 Å². The molecule has 0 aliphatic heterocycles. The highest BCUT2D eigenvalue weighted by Crippen LogP contribution is 2.28. The lowest BCUT2D eigenvalue weighted by Crippen LogP contribution is -2.15.